The zero-order valence-electron chi connectivity index (χ0n) is 13.1. The summed E-state index contributed by atoms with van der Waals surface area (Å²) < 4.78 is 7.48. The predicted octanol–water partition coefficient (Wildman–Crippen LogP) is 3.52. The monoisotopic (exact) mass is 306 g/mol. The summed E-state index contributed by atoms with van der Waals surface area (Å²) in [7, 11) is 1.74. The number of benzene rings is 1. The van der Waals surface area contributed by atoms with Crippen molar-refractivity contribution in [2.24, 2.45) is 0 Å². The molecule has 0 saturated carbocycles. The second-order valence-corrected chi connectivity index (χ2v) is 6.48. The fourth-order valence-electron chi connectivity index (χ4n) is 2.53. The summed E-state index contributed by atoms with van der Waals surface area (Å²) in [6.45, 7) is 5.88. The minimum Gasteiger partial charge on any atom is -0.383 e. The van der Waals surface area contributed by atoms with Gasteiger partial charge in [0.1, 0.15) is 0 Å². The second kappa shape index (κ2) is 9.13. The highest BCUT2D eigenvalue weighted by Crippen LogP contribution is 2.21. The number of hydrogen-bond acceptors (Lipinski definition) is 3. The van der Waals surface area contributed by atoms with Gasteiger partial charge in [-0.2, -0.15) is 11.8 Å². The molecular formula is C17H26N2OS. The largest absolute Gasteiger partial charge is 0.383 e. The maximum absolute atomic E-state index is 5.08. The van der Waals surface area contributed by atoms with E-state index in [9.17, 15) is 0 Å². The van der Waals surface area contributed by atoms with Gasteiger partial charge in [0.25, 0.3) is 0 Å². The van der Waals surface area contributed by atoms with Crippen molar-refractivity contribution in [2.45, 2.75) is 26.4 Å². The van der Waals surface area contributed by atoms with E-state index in [2.05, 4.69) is 47.3 Å². The average Bonchev–Trinajstić information content (AvgIpc) is 2.87. The van der Waals surface area contributed by atoms with Gasteiger partial charge in [-0.1, -0.05) is 25.1 Å². The van der Waals surface area contributed by atoms with Gasteiger partial charge < -0.3 is 14.6 Å². The first-order valence-corrected chi connectivity index (χ1v) is 8.86. The SMILES string of the molecule is CCSCCCn1cc(CNCCOC)c2ccccc21. The Morgan fingerprint density at radius 1 is 1.29 bits per heavy atom. The highest BCUT2D eigenvalue weighted by Gasteiger charge is 2.07. The van der Waals surface area contributed by atoms with Gasteiger partial charge in [0.15, 0.2) is 0 Å². The topological polar surface area (TPSA) is 26.2 Å². The normalized spacial score (nSPS) is 11.3. The van der Waals surface area contributed by atoms with Crippen LogP contribution in [-0.4, -0.2) is 36.3 Å². The molecule has 0 fully saturated rings. The maximum atomic E-state index is 5.08. The van der Waals surface area contributed by atoms with E-state index < -0.39 is 0 Å². The summed E-state index contributed by atoms with van der Waals surface area (Å²) >= 11 is 2.02. The van der Waals surface area contributed by atoms with E-state index in [1.54, 1.807) is 7.11 Å². The van der Waals surface area contributed by atoms with Gasteiger partial charge >= 0.3 is 0 Å². The van der Waals surface area contributed by atoms with Crippen LogP contribution in [0.15, 0.2) is 30.5 Å². The van der Waals surface area contributed by atoms with Crippen LogP contribution in [0.4, 0.5) is 0 Å². The third-order valence-electron chi connectivity index (χ3n) is 3.56. The third-order valence-corrected chi connectivity index (χ3v) is 4.55. The van der Waals surface area contributed by atoms with Crippen LogP contribution in [0, 0.1) is 0 Å². The number of rotatable bonds is 10. The molecule has 1 heterocycles. The smallest absolute Gasteiger partial charge is 0.0587 e. The van der Waals surface area contributed by atoms with Gasteiger partial charge in [-0.3, -0.25) is 0 Å². The minimum atomic E-state index is 0.757. The van der Waals surface area contributed by atoms with E-state index in [1.165, 1.54) is 34.4 Å². The molecule has 2 rings (SSSR count). The summed E-state index contributed by atoms with van der Waals surface area (Å²) in [6.07, 6.45) is 3.54. The Labute approximate surface area is 132 Å². The molecule has 0 atom stereocenters. The molecule has 0 bridgehead atoms. The Hall–Kier alpha value is -0.970. The summed E-state index contributed by atoms with van der Waals surface area (Å²) in [4.78, 5) is 0. The number of nitrogens with zero attached hydrogens (tertiary/aromatic N) is 1. The van der Waals surface area contributed by atoms with Crippen LogP contribution < -0.4 is 5.32 Å². The maximum Gasteiger partial charge on any atom is 0.0587 e. The lowest BCUT2D eigenvalue weighted by Crippen LogP contribution is -2.18. The molecule has 0 aliphatic carbocycles. The molecule has 0 aliphatic rings. The van der Waals surface area contributed by atoms with E-state index in [0.29, 0.717) is 0 Å². The predicted molar refractivity (Wildman–Crippen MR) is 93.1 cm³/mol. The summed E-state index contributed by atoms with van der Waals surface area (Å²) in [5.41, 5.74) is 2.73. The number of hydrogen-bond donors (Lipinski definition) is 1. The molecule has 0 spiro atoms. The lowest BCUT2D eigenvalue weighted by atomic mass is 10.2. The van der Waals surface area contributed by atoms with Gasteiger partial charge in [0.05, 0.1) is 6.61 Å². The van der Waals surface area contributed by atoms with Crippen molar-refractivity contribution in [1.29, 1.82) is 0 Å². The number of thioether (sulfide) groups is 1. The summed E-state index contributed by atoms with van der Waals surface area (Å²) in [5, 5.41) is 4.81. The van der Waals surface area contributed by atoms with Gasteiger partial charge in [0.2, 0.25) is 0 Å². The zero-order valence-corrected chi connectivity index (χ0v) is 13.9. The van der Waals surface area contributed by atoms with Crippen molar-refractivity contribution in [1.82, 2.24) is 9.88 Å². The molecule has 3 nitrogen and oxygen atoms in total. The molecule has 0 amide bonds. The summed E-state index contributed by atoms with van der Waals surface area (Å²) in [6, 6.07) is 8.70. The van der Waals surface area contributed by atoms with Crippen LogP contribution in [0.2, 0.25) is 0 Å². The quantitative estimate of drug-likeness (QED) is 0.680. The Morgan fingerprint density at radius 2 is 2.14 bits per heavy atom. The number of ether oxygens (including phenoxy) is 1. The zero-order chi connectivity index (χ0) is 14.9. The first kappa shape index (κ1) is 16.4. The van der Waals surface area contributed by atoms with Crippen molar-refractivity contribution in [3.63, 3.8) is 0 Å². The van der Waals surface area contributed by atoms with E-state index in [-0.39, 0.29) is 0 Å². The highest BCUT2D eigenvalue weighted by molar-refractivity contribution is 7.99. The Bertz CT molecular complexity index is 493. The summed E-state index contributed by atoms with van der Waals surface area (Å²) in [5.74, 6) is 2.45. The molecule has 0 saturated heterocycles. The first-order valence-electron chi connectivity index (χ1n) is 7.71. The van der Waals surface area contributed by atoms with Crippen LogP contribution in [0.5, 0.6) is 0 Å². The molecule has 2 aromatic rings. The van der Waals surface area contributed by atoms with Crippen LogP contribution in [-0.2, 0) is 17.8 Å². The number of methoxy groups -OCH3 is 1. The Morgan fingerprint density at radius 3 is 2.95 bits per heavy atom. The van der Waals surface area contributed by atoms with Gasteiger partial charge in [0, 0.05) is 43.8 Å². The van der Waals surface area contributed by atoms with Crippen LogP contribution in [0.25, 0.3) is 10.9 Å². The Kier molecular flexibility index (Phi) is 7.13. The van der Waals surface area contributed by atoms with E-state index in [4.69, 9.17) is 4.74 Å². The van der Waals surface area contributed by atoms with Crippen molar-refractivity contribution in [2.75, 3.05) is 31.8 Å². The highest BCUT2D eigenvalue weighted by atomic mass is 32.2. The van der Waals surface area contributed by atoms with Crippen LogP contribution >= 0.6 is 11.8 Å². The minimum absolute atomic E-state index is 0.757. The second-order valence-electron chi connectivity index (χ2n) is 5.08. The standard InChI is InChI=1S/C17H26N2OS/c1-3-21-12-6-10-19-14-15(13-18-9-11-20-2)16-7-4-5-8-17(16)19/h4-5,7-8,14,18H,3,6,9-13H2,1-2H3. The lowest BCUT2D eigenvalue weighted by Gasteiger charge is -2.04. The number of nitrogens with one attached hydrogen (secondary N) is 1. The van der Waals surface area contributed by atoms with Crippen LogP contribution in [0.3, 0.4) is 0 Å². The van der Waals surface area contributed by atoms with Gasteiger partial charge in [-0.05, 0) is 29.6 Å². The fourth-order valence-corrected chi connectivity index (χ4v) is 3.15. The molecule has 0 unspecified atom stereocenters. The molecule has 4 heteroatoms. The van der Waals surface area contributed by atoms with Crippen molar-refractivity contribution in [3.8, 4) is 0 Å². The lowest BCUT2D eigenvalue weighted by molar-refractivity contribution is 0.199. The van der Waals surface area contributed by atoms with Crippen LogP contribution in [0.1, 0.15) is 18.9 Å². The number of aromatic nitrogens is 1. The van der Waals surface area contributed by atoms with Gasteiger partial charge in [-0.15, -0.1) is 0 Å². The molecule has 0 aliphatic heterocycles. The first-order chi connectivity index (χ1) is 10.4. The van der Waals surface area contributed by atoms with E-state index >= 15 is 0 Å². The Balaban J connectivity index is 2.03. The van der Waals surface area contributed by atoms with E-state index in [1.807, 2.05) is 11.8 Å². The number of fused-ring (bicyclic) bond motifs is 1. The molecule has 116 valence electrons. The average molecular weight is 306 g/mol. The van der Waals surface area contributed by atoms with Crippen molar-refractivity contribution >= 4 is 22.7 Å². The third kappa shape index (κ3) is 4.77. The van der Waals surface area contributed by atoms with Crippen molar-refractivity contribution in [3.05, 3.63) is 36.0 Å². The number of aryl methyl sites for hydroxylation is 1. The molecule has 21 heavy (non-hydrogen) atoms. The number of para-hydroxylation sites is 1. The molecule has 0 radical (unpaired) electrons. The molecular weight excluding hydrogens is 280 g/mol. The fraction of sp³-hybridized carbons (Fsp3) is 0.529. The molecule has 1 aromatic heterocycles. The molecule has 1 aromatic carbocycles. The van der Waals surface area contributed by atoms with Crippen molar-refractivity contribution < 1.29 is 4.74 Å². The van der Waals surface area contributed by atoms with E-state index in [0.717, 1.165) is 26.2 Å². The molecule has 1 N–H and O–H groups in total. The van der Waals surface area contributed by atoms with Gasteiger partial charge in [-0.25, -0.2) is 0 Å².